The van der Waals surface area contributed by atoms with E-state index in [0.29, 0.717) is 6.42 Å². The summed E-state index contributed by atoms with van der Waals surface area (Å²) in [7, 11) is 0. The Morgan fingerprint density at radius 1 is 1.44 bits per heavy atom. The molecule has 1 unspecified atom stereocenters. The van der Waals surface area contributed by atoms with Crippen molar-refractivity contribution < 1.29 is 14.0 Å². The molecule has 1 rings (SSSR count). The molecule has 1 aromatic rings. The number of benzene rings is 1. The summed E-state index contributed by atoms with van der Waals surface area (Å²) in [5, 5.41) is 2.35. The van der Waals surface area contributed by atoms with Crippen LogP contribution in [0.25, 0.3) is 0 Å². The van der Waals surface area contributed by atoms with E-state index in [-0.39, 0.29) is 11.3 Å². The van der Waals surface area contributed by atoms with Crippen molar-refractivity contribution in [3.63, 3.8) is 0 Å². The minimum Gasteiger partial charge on any atom is -0.366 e. The SMILES string of the molecule is CCC(C)(N)C(=O)Nc1cc(C(N)=O)ccc1F. The van der Waals surface area contributed by atoms with Gasteiger partial charge in [0.2, 0.25) is 11.8 Å². The standard InChI is InChI=1S/C12H16FN3O2/c1-3-12(2,15)11(18)16-9-6-7(10(14)17)4-5-8(9)13/h4-6H,3,15H2,1-2H3,(H2,14,17)(H,16,18). The molecule has 0 fully saturated rings. The number of nitrogens with one attached hydrogen (secondary N) is 1. The molecule has 0 saturated carbocycles. The van der Waals surface area contributed by atoms with Gasteiger partial charge in [0.05, 0.1) is 11.2 Å². The topological polar surface area (TPSA) is 98.2 Å². The van der Waals surface area contributed by atoms with Gasteiger partial charge >= 0.3 is 0 Å². The van der Waals surface area contributed by atoms with Crippen molar-refractivity contribution in [3.8, 4) is 0 Å². The monoisotopic (exact) mass is 253 g/mol. The number of rotatable bonds is 4. The van der Waals surface area contributed by atoms with Gasteiger partial charge in [0, 0.05) is 5.56 Å². The van der Waals surface area contributed by atoms with Gasteiger partial charge in [0.1, 0.15) is 5.82 Å². The van der Waals surface area contributed by atoms with Gasteiger partial charge in [-0.05, 0) is 31.5 Å². The maximum Gasteiger partial charge on any atom is 0.248 e. The molecule has 1 atom stereocenters. The van der Waals surface area contributed by atoms with E-state index in [1.54, 1.807) is 6.92 Å². The van der Waals surface area contributed by atoms with Crippen LogP contribution in [-0.2, 0) is 4.79 Å². The van der Waals surface area contributed by atoms with E-state index < -0.39 is 23.2 Å². The normalized spacial score (nSPS) is 13.8. The molecular weight excluding hydrogens is 237 g/mol. The highest BCUT2D eigenvalue weighted by molar-refractivity contribution is 5.99. The van der Waals surface area contributed by atoms with Gasteiger partial charge in [-0.25, -0.2) is 4.39 Å². The number of nitrogens with two attached hydrogens (primary N) is 2. The van der Waals surface area contributed by atoms with Gasteiger partial charge in [0.25, 0.3) is 0 Å². The number of amides is 2. The number of halogens is 1. The Bertz CT molecular complexity index is 486. The minimum absolute atomic E-state index is 0.110. The predicted octanol–water partition coefficient (Wildman–Crippen LogP) is 0.990. The van der Waals surface area contributed by atoms with Gasteiger partial charge in [-0.15, -0.1) is 0 Å². The highest BCUT2D eigenvalue weighted by Gasteiger charge is 2.26. The summed E-state index contributed by atoms with van der Waals surface area (Å²) in [6, 6.07) is 3.49. The molecule has 0 spiro atoms. The first-order valence-electron chi connectivity index (χ1n) is 5.47. The predicted molar refractivity (Wildman–Crippen MR) is 66.4 cm³/mol. The first-order valence-corrected chi connectivity index (χ1v) is 5.47. The third-order valence-corrected chi connectivity index (χ3v) is 2.75. The van der Waals surface area contributed by atoms with Crippen LogP contribution in [0.3, 0.4) is 0 Å². The molecule has 0 radical (unpaired) electrons. The molecule has 18 heavy (non-hydrogen) atoms. The summed E-state index contributed by atoms with van der Waals surface area (Å²) in [5.74, 6) is -1.87. The molecule has 0 aromatic heterocycles. The number of primary amides is 1. The molecule has 1 aromatic carbocycles. The van der Waals surface area contributed by atoms with Crippen LogP contribution in [0.2, 0.25) is 0 Å². The van der Waals surface area contributed by atoms with Crippen LogP contribution < -0.4 is 16.8 Å². The van der Waals surface area contributed by atoms with Crippen molar-refractivity contribution >= 4 is 17.5 Å². The summed E-state index contributed by atoms with van der Waals surface area (Å²) < 4.78 is 13.5. The lowest BCUT2D eigenvalue weighted by Gasteiger charge is -2.21. The second-order valence-electron chi connectivity index (χ2n) is 4.28. The Balaban J connectivity index is 3.01. The van der Waals surface area contributed by atoms with E-state index in [9.17, 15) is 14.0 Å². The Kier molecular flexibility index (Phi) is 4.03. The molecule has 5 N–H and O–H groups in total. The molecule has 98 valence electrons. The minimum atomic E-state index is -1.10. The van der Waals surface area contributed by atoms with E-state index in [0.717, 1.165) is 6.07 Å². The van der Waals surface area contributed by atoms with Crippen molar-refractivity contribution in [1.29, 1.82) is 0 Å². The fourth-order valence-corrected chi connectivity index (χ4v) is 1.20. The van der Waals surface area contributed by atoms with Crippen LogP contribution >= 0.6 is 0 Å². The molecular formula is C12H16FN3O2. The van der Waals surface area contributed by atoms with Gasteiger partial charge in [-0.1, -0.05) is 6.92 Å². The highest BCUT2D eigenvalue weighted by atomic mass is 19.1. The van der Waals surface area contributed by atoms with Crippen molar-refractivity contribution in [2.45, 2.75) is 25.8 Å². The van der Waals surface area contributed by atoms with E-state index >= 15 is 0 Å². The van der Waals surface area contributed by atoms with E-state index in [1.807, 2.05) is 0 Å². The smallest absolute Gasteiger partial charge is 0.248 e. The zero-order chi connectivity index (χ0) is 13.9. The molecule has 2 amide bonds. The van der Waals surface area contributed by atoms with E-state index in [2.05, 4.69) is 5.32 Å². The zero-order valence-corrected chi connectivity index (χ0v) is 10.3. The first-order chi connectivity index (χ1) is 8.27. The second-order valence-corrected chi connectivity index (χ2v) is 4.28. The van der Waals surface area contributed by atoms with Crippen LogP contribution in [0.1, 0.15) is 30.6 Å². The van der Waals surface area contributed by atoms with Gasteiger partial charge in [-0.2, -0.15) is 0 Å². The van der Waals surface area contributed by atoms with Crippen LogP contribution in [0.5, 0.6) is 0 Å². The maximum absolute atomic E-state index is 13.5. The van der Waals surface area contributed by atoms with Gasteiger partial charge in [-0.3, -0.25) is 9.59 Å². The molecule has 0 aliphatic rings. The van der Waals surface area contributed by atoms with Crippen molar-refractivity contribution in [2.75, 3.05) is 5.32 Å². The summed E-state index contributed by atoms with van der Waals surface area (Å²) in [6.45, 7) is 3.29. The van der Waals surface area contributed by atoms with Gasteiger partial charge in [0.15, 0.2) is 0 Å². The fourth-order valence-electron chi connectivity index (χ4n) is 1.20. The lowest BCUT2D eigenvalue weighted by atomic mass is 9.99. The number of hydrogen-bond acceptors (Lipinski definition) is 3. The third-order valence-electron chi connectivity index (χ3n) is 2.75. The van der Waals surface area contributed by atoms with Crippen LogP contribution in [0.4, 0.5) is 10.1 Å². The summed E-state index contributed by atoms with van der Waals surface area (Å²) in [4.78, 5) is 22.7. The molecule has 0 saturated heterocycles. The summed E-state index contributed by atoms with van der Waals surface area (Å²) in [5.41, 5.74) is 9.71. The van der Waals surface area contributed by atoms with Crippen molar-refractivity contribution in [2.24, 2.45) is 11.5 Å². The summed E-state index contributed by atoms with van der Waals surface area (Å²) in [6.07, 6.45) is 0.399. The molecule has 0 aliphatic heterocycles. The molecule has 0 heterocycles. The van der Waals surface area contributed by atoms with Crippen molar-refractivity contribution in [3.05, 3.63) is 29.6 Å². The first kappa shape index (κ1) is 14.1. The lowest BCUT2D eigenvalue weighted by Crippen LogP contribution is -2.47. The van der Waals surface area contributed by atoms with Crippen LogP contribution in [0.15, 0.2) is 18.2 Å². The Morgan fingerprint density at radius 3 is 2.56 bits per heavy atom. The number of anilines is 1. The highest BCUT2D eigenvalue weighted by Crippen LogP contribution is 2.18. The number of carbonyl (C=O) groups is 2. The second kappa shape index (κ2) is 5.14. The molecule has 5 nitrogen and oxygen atoms in total. The zero-order valence-electron chi connectivity index (χ0n) is 10.3. The average molecular weight is 253 g/mol. The van der Waals surface area contributed by atoms with E-state index in [1.165, 1.54) is 19.1 Å². The maximum atomic E-state index is 13.5. The fraction of sp³-hybridized carbons (Fsp3) is 0.333. The van der Waals surface area contributed by atoms with Crippen LogP contribution in [0, 0.1) is 5.82 Å². The number of hydrogen-bond donors (Lipinski definition) is 3. The molecule has 0 bridgehead atoms. The van der Waals surface area contributed by atoms with Crippen LogP contribution in [-0.4, -0.2) is 17.4 Å². The number of carbonyl (C=O) groups excluding carboxylic acids is 2. The average Bonchev–Trinajstić information content (AvgIpc) is 2.31. The summed E-state index contributed by atoms with van der Waals surface area (Å²) >= 11 is 0. The Labute approximate surface area is 104 Å². The largest absolute Gasteiger partial charge is 0.366 e. The Hall–Kier alpha value is -1.95. The quantitative estimate of drug-likeness (QED) is 0.746. The van der Waals surface area contributed by atoms with Gasteiger partial charge < -0.3 is 16.8 Å². The lowest BCUT2D eigenvalue weighted by molar-refractivity contribution is -0.120. The molecule has 6 heteroatoms. The third kappa shape index (κ3) is 3.04. The molecule has 0 aliphatic carbocycles. The van der Waals surface area contributed by atoms with E-state index in [4.69, 9.17) is 11.5 Å². The Morgan fingerprint density at radius 2 is 2.06 bits per heavy atom. The van der Waals surface area contributed by atoms with Crippen molar-refractivity contribution in [1.82, 2.24) is 0 Å².